The molecule has 0 spiro atoms. The van der Waals surface area contributed by atoms with E-state index >= 15 is 0 Å². The van der Waals surface area contributed by atoms with Crippen LogP contribution < -0.4 is 0 Å². The zero-order chi connectivity index (χ0) is 47.2. The van der Waals surface area contributed by atoms with Gasteiger partial charge in [0, 0.05) is 19.3 Å². The van der Waals surface area contributed by atoms with Gasteiger partial charge in [0.2, 0.25) is 0 Å². The molecule has 6 heteroatoms. The third kappa shape index (κ3) is 51.2. The van der Waals surface area contributed by atoms with Crippen LogP contribution in [-0.2, 0) is 28.6 Å². The smallest absolute Gasteiger partial charge is 0.306 e. The lowest BCUT2D eigenvalue weighted by Crippen LogP contribution is -2.30. The fraction of sp³-hybridized carbons (Fsp3) is 0.678. The Morgan fingerprint density at radius 2 is 0.677 bits per heavy atom. The van der Waals surface area contributed by atoms with Crippen LogP contribution in [-0.4, -0.2) is 37.2 Å². The summed E-state index contributed by atoms with van der Waals surface area (Å²) in [6, 6.07) is 0. The Labute approximate surface area is 400 Å². The third-order valence-corrected chi connectivity index (χ3v) is 11.2. The van der Waals surface area contributed by atoms with Gasteiger partial charge in [0.1, 0.15) is 13.2 Å². The second-order valence-corrected chi connectivity index (χ2v) is 17.5. The Morgan fingerprint density at radius 1 is 0.338 bits per heavy atom. The van der Waals surface area contributed by atoms with Crippen molar-refractivity contribution in [1.29, 1.82) is 0 Å². The predicted octanol–water partition coefficient (Wildman–Crippen LogP) is 17.8. The van der Waals surface area contributed by atoms with Crippen LogP contribution >= 0.6 is 0 Å². The van der Waals surface area contributed by atoms with Gasteiger partial charge in [0.25, 0.3) is 0 Å². The van der Waals surface area contributed by atoms with E-state index in [1.54, 1.807) is 0 Å². The second-order valence-electron chi connectivity index (χ2n) is 17.5. The minimum absolute atomic E-state index is 0.0972. The van der Waals surface area contributed by atoms with Crippen molar-refractivity contribution in [2.24, 2.45) is 0 Å². The van der Waals surface area contributed by atoms with Crippen LogP contribution in [0.25, 0.3) is 0 Å². The fourth-order valence-electron chi connectivity index (χ4n) is 7.21. The van der Waals surface area contributed by atoms with Gasteiger partial charge in [-0.05, 0) is 77.0 Å². The standard InChI is InChI=1S/C59H98O6/c1-4-7-10-13-16-19-22-25-27-28-29-30-32-34-37-40-43-46-49-52-58(61)64-55-56(54-63-57(60)51-48-45-42-39-36-33-24-21-18-15-12-9-6-3)65-59(62)53-50-47-44-41-38-35-31-26-23-20-17-14-11-8-5-2/h7,9-10,12,15-16,18-19,21,24-25,27,29-30,33,36,56H,4-6,8,11,13-14,17,20,22-23,26,28,31-32,34-35,37-55H2,1-3H3/b10-7+,12-9+,18-15+,19-16+,24-21+,27-25+,30-29+,36-33+. The number of unbranched alkanes of at least 4 members (excludes halogenated alkanes) is 23. The van der Waals surface area contributed by atoms with Crippen molar-refractivity contribution in [3.05, 3.63) is 97.2 Å². The summed E-state index contributed by atoms with van der Waals surface area (Å²) in [7, 11) is 0. The van der Waals surface area contributed by atoms with Gasteiger partial charge in [-0.1, -0.05) is 240 Å². The molecule has 0 amide bonds. The number of ether oxygens (including phenoxy) is 3. The molecule has 0 rings (SSSR count). The van der Waals surface area contributed by atoms with E-state index in [1.807, 2.05) is 36.5 Å². The molecule has 0 aromatic rings. The van der Waals surface area contributed by atoms with Crippen LogP contribution in [0.15, 0.2) is 97.2 Å². The quantitative estimate of drug-likeness (QED) is 0.0199. The van der Waals surface area contributed by atoms with E-state index in [-0.39, 0.29) is 31.1 Å². The lowest BCUT2D eigenvalue weighted by Gasteiger charge is -2.18. The molecule has 1 unspecified atom stereocenters. The molecule has 0 fully saturated rings. The molecule has 370 valence electrons. The van der Waals surface area contributed by atoms with Gasteiger partial charge in [0.15, 0.2) is 6.10 Å². The largest absolute Gasteiger partial charge is 0.462 e. The van der Waals surface area contributed by atoms with Crippen LogP contribution in [0, 0.1) is 0 Å². The van der Waals surface area contributed by atoms with Crippen LogP contribution in [0.5, 0.6) is 0 Å². The van der Waals surface area contributed by atoms with E-state index in [4.69, 9.17) is 14.2 Å². The van der Waals surface area contributed by atoms with Gasteiger partial charge in [-0.15, -0.1) is 0 Å². The molecular weight excluding hydrogens is 805 g/mol. The number of hydrogen-bond acceptors (Lipinski definition) is 6. The van der Waals surface area contributed by atoms with Crippen molar-refractivity contribution in [3.8, 4) is 0 Å². The average Bonchev–Trinajstić information content (AvgIpc) is 3.30. The number of carbonyl (C=O) groups excluding carboxylic acids is 3. The molecular formula is C59H98O6. The minimum Gasteiger partial charge on any atom is -0.462 e. The van der Waals surface area contributed by atoms with Gasteiger partial charge in [-0.3, -0.25) is 14.4 Å². The van der Waals surface area contributed by atoms with E-state index in [9.17, 15) is 14.4 Å². The summed E-state index contributed by atoms with van der Waals surface area (Å²) >= 11 is 0. The molecule has 6 nitrogen and oxygen atoms in total. The molecule has 0 saturated carbocycles. The van der Waals surface area contributed by atoms with E-state index in [1.165, 1.54) is 89.9 Å². The first kappa shape index (κ1) is 61.3. The summed E-state index contributed by atoms with van der Waals surface area (Å²) in [5, 5.41) is 0. The van der Waals surface area contributed by atoms with Crippen LogP contribution in [0.3, 0.4) is 0 Å². The highest BCUT2D eigenvalue weighted by Crippen LogP contribution is 2.15. The second kappa shape index (κ2) is 52.9. The highest BCUT2D eigenvalue weighted by Gasteiger charge is 2.19. The monoisotopic (exact) mass is 903 g/mol. The lowest BCUT2D eigenvalue weighted by atomic mass is 10.0. The van der Waals surface area contributed by atoms with Gasteiger partial charge < -0.3 is 14.2 Å². The average molecular weight is 903 g/mol. The molecule has 0 aromatic carbocycles. The normalized spacial score (nSPS) is 12.8. The number of rotatable bonds is 47. The molecule has 0 heterocycles. The maximum absolute atomic E-state index is 12.8. The Balaban J connectivity index is 4.44. The molecule has 0 N–H and O–H groups in total. The van der Waals surface area contributed by atoms with Crippen LogP contribution in [0.2, 0.25) is 0 Å². The van der Waals surface area contributed by atoms with Gasteiger partial charge in [-0.25, -0.2) is 0 Å². The minimum atomic E-state index is -0.798. The van der Waals surface area contributed by atoms with E-state index in [0.29, 0.717) is 19.3 Å². The Kier molecular flexibility index (Phi) is 50.0. The SMILES string of the molecule is CC/C=C/C=C/C=C/C=C/CCCCCC(=O)OCC(COC(=O)CCCCCCCC/C=C/C/C=C/C/C=C/C/C=C/CC)OC(=O)CCCCCCCCCCCCCCCCC. The van der Waals surface area contributed by atoms with Gasteiger partial charge >= 0.3 is 17.9 Å². The van der Waals surface area contributed by atoms with Crippen molar-refractivity contribution >= 4 is 17.9 Å². The van der Waals surface area contributed by atoms with E-state index < -0.39 is 6.10 Å². The first-order valence-corrected chi connectivity index (χ1v) is 26.8. The maximum Gasteiger partial charge on any atom is 0.306 e. The summed E-state index contributed by atoms with van der Waals surface area (Å²) in [4.78, 5) is 38.0. The highest BCUT2D eigenvalue weighted by molar-refractivity contribution is 5.71. The van der Waals surface area contributed by atoms with E-state index in [2.05, 4.69) is 81.5 Å². The molecule has 0 radical (unpaired) electrons. The Hall–Kier alpha value is -3.67. The van der Waals surface area contributed by atoms with Crippen LogP contribution in [0.4, 0.5) is 0 Å². The molecule has 0 aromatic heterocycles. The number of esters is 3. The summed E-state index contributed by atoms with van der Waals surface area (Å²) < 4.78 is 16.8. The molecule has 0 saturated heterocycles. The first-order valence-electron chi connectivity index (χ1n) is 26.8. The summed E-state index contributed by atoms with van der Waals surface area (Å²) in [5.74, 6) is -0.948. The zero-order valence-electron chi connectivity index (χ0n) is 42.2. The number of carbonyl (C=O) groups is 3. The fourth-order valence-corrected chi connectivity index (χ4v) is 7.21. The van der Waals surface area contributed by atoms with Gasteiger partial charge in [-0.2, -0.15) is 0 Å². The van der Waals surface area contributed by atoms with Crippen molar-refractivity contribution in [2.45, 2.75) is 245 Å². The summed E-state index contributed by atoms with van der Waals surface area (Å²) in [5.41, 5.74) is 0. The van der Waals surface area contributed by atoms with E-state index in [0.717, 1.165) is 109 Å². The molecule has 0 bridgehead atoms. The van der Waals surface area contributed by atoms with Crippen LogP contribution in [0.1, 0.15) is 239 Å². The summed E-state index contributed by atoms with van der Waals surface area (Å²) in [6.07, 6.45) is 69.6. The summed E-state index contributed by atoms with van der Waals surface area (Å²) in [6.45, 7) is 6.34. The molecule has 0 aliphatic rings. The molecule has 65 heavy (non-hydrogen) atoms. The lowest BCUT2D eigenvalue weighted by molar-refractivity contribution is -0.167. The Morgan fingerprint density at radius 3 is 1.14 bits per heavy atom. The predicted molar refractivity (Wildman–Crippen MR) is 279 cm³/mol. The number of allylic oxidation sites excluding steroid dienone is 16. The highest BCUT2D eigenvalue weighted by atomic mass is 16.6. The first-order chi connectivity index (χ1) is 32.0. The van der Waals surface area contributed by atoms with Crippen molar-refractivity contribution in [3.63, 3.8) is 0 Å². The molecule has 1 atom stereocenters. The molecule has 0 aliphatic carbocycles. The zero-order valence-corrected chi connectivity index (χ0v) is 42.2. The molecule has 0 aliphatic heterocycles. The topological polar surface area (TPSA) is 78.9 Å². The maximum atomic E-state index is 12.8. The van der Waals surface area contributed by atoms with Crippen molar-refractivity contribution in [1.82, 2.24) is 0 Å². The van der Waals surface area contributed by atoms with Gasteiger partial charge in [0.05, 0.1) is 0 Å². The number of hydrogen-bond donors (Lipinski definition) is 0. The Bertz CT molecular complexity index is 1310. The third-order valence-electron chi connectivity index (χ3n) is 11.2. The van der Waals surface area contributed by atoms with Crippen molar-refractivity contribution < 1.29 is 28.6 Å². The van der Waals surface area contributed by atoms with Crippen molar-refractivity contribution in [2.75, 3.05) is 13.2 Å².